The van der Waals surface area contributed by atoms with Gasteiger partial charge in [-0.3, -0.25) is 0 Å². The van der Waals surface area contributed by atoms with Gasteiger partial charge in [0.1, 0.15) is 0 Å². The molecule has 2 saturated carbocycles. The lowest BCUT2D eigenvalue weighted by Gasteiger charge is -2.17. The normalized spacial score (nSPS) is 37.1. The van der Waals surface area contributed by atoms with Crippen molar-refractivity contribution in [2.45, 2.75) is 25.7 Å². The van der Waals surface area contributed by atoms with Gasteiger partial charge in [-0.05, 0) is 42.6 Å². The minimum absolute atomic E-state index is 0.843. The largest absolute Gasteiger partial charge is 0.0985 e. The summed E-state index contributed by atoms with van der Waals surface area (Å²) in [7, 11) is 0. The van der Waals surface area contributed by atoms with E-state index in [1.165, 1.54) is 25.7 Å². The van der Waals surface area contributed by atoms with Crippen molar-refractivity contribution in [2.24, 2.45) is 17.8 Å². The SMILES string of the molecule is C=CC(=C)C=CC1CC2CCC1C2. The first-order valence-corrected chi connectivity index (χ1v) is 5.29. The van der Waals surface area contributed by atoms with E-state index in [0.717, 1.165) is 23.3 Å². The number of hydrogen-bond donors (Lipinski definition) is 0. The van der Waals surface area contributed by atoms with Gasteiger partial charge in [-0.1, -0.05) is 37.8 Å². The molecule has 0 aromatic carbocycles. The standard InChI is InChI=1S/C13H18/c1-3-10(2)4-6-12-8-11-5-7-13(12)9-11/h3-4,6,11-13H,1-2,5,7-9H2. The summed E-state index contributed by atoms with van der Waals surface area (Å²) >= 11 is 0. The van der Waals surface area contributed by atoms with Crippen molar-refractivity contribution in [1.29, 1.82) is 0 Å². The van der Waals surface area contributed by atoms with Crippen LogP contribution >= 0.6 is 0 Å². The molecule has 2 fully saturated rings. The fraction of sp³-hybridized carbons (Fsp3) is 0.538. The van der Waals surface area contributed by atoms with Crippen LogP contribution in [0.15, 0.2) is 37.0 Å². The molecule has 3 atom stereocenters. The Kier molecular flexibility index (Phi) is 2.39. The first-order valence-electron chi connectivity index (χ1n) is 5.29. The Hall–Kier alpha value is -0.780. The summed E-state index contributed by atoms with van der Waals surface area (Å²) in [6.07, 6.45) is 12.2. The average Bonchev–Trinajstić information content (AvgIpc) is 2.74. The van der Waals surface area contributed by atoms with Gasteiger partial charge in [0.15, 0.2) is 0 Å². The van der Waals surface area contributed by atoms with Gasteiger partial charge in [0.05, 0.1) is 0 Å². The third-order valence-electron chi connectivity index (χ3n) is 3.61. The van der Waals surface area contributed by atoms with E-state index < -0.39 is 0 Å². The summed E-state index contributed by atoms with van der Waals surface area (Å²) in [6, 6.07) is 0. The Morgan fingerprint density at radius 2 is 2.08 bits per heavy atom. The maximum absolute atomic E-state index is 3.89. The molecule has 70 valence electrons. The highest BCUT2D eigenvalue weighted by atomic mass is 14.4. The molecule has 2 rings (SSSR count). The molecule has 0 N–H and O–H groups in total. The maximum atomic E-state index is 3.89. The molecule has 0 amide bonds. The molecular weight excluding hydrogens is 156 g/mol. The molecule has 0 spiro atoms. The fourth-order valence-corrected chi connectivity index (χ4v) is 2.84. The van der Waals surface area contributed by atoms with E-state index in [2.05, 4.69) is 25.3 Å². The summed E-state index contributed by atoms with van der Waals surface area (Å²) < 4.78 is 0. The van der Waals surface area contributed by atoms with Crippen molar-refractivity contribution in [2.75, 3.05) is 0 Å². The minimum Gasteiger partial charge on any atom is -0.0985 e. The summed E-state index contributed by atoms with van der Waals surface area (Å²) in [5.74, 6) is 2.87. The lowest BCUT2D eigenvalue weighted by atomic mass is 9.88. The van der Waals surface area contributed by atoms with Gasteiger partial charge in [0.2, 0.25) is 0 Å². The smallest absolute Gasteiger partial charge is 0.0199 e. The highest BCUT2D eigenvalue weighted by Crippen LogP contribution is 2.48. The maximum Gasteiger partial charge on any atom is -0.0199 e. The molecule has 0 aromatic rings. The zero-order valence-corrected chi connectivity index (χ0v) is 8.21. The Morgan fingerprint density at radius 3 is 2.62 bits per heavy atom. The van der Waals surface area contributed by atoms with Crippen molar-refractivity contribution >= 4 is 0 Å². The second-order valence-corrected chi connectivity index (χ2v) is 4.48. The van der Waals surface area contributed by atoms with Gasteiger partial charge in [-0.2, -0.15) is 0 Å². The van der Waals surface area contributed by atoms with Crippen LogP contribution in [0.25, 0.3) is 0 Å². The van der Waals surface area contributed by atoms with Crippen molar-refractivity contribution in [3.63, 3.8) is 0 Å². The van der Waals surface area contributed by atoms with Gasteiger partial charge in [0.25, 0.3) is 0 Å². The van der Waals surface area contributed by atoms with E-state index in [-0.39, 0.29) is 0 Å². The average molecular weight is 174 g/mol. The summed E-state index contributed by atoms with van der Waals surface area (Å²) in [5.41, 5.74) is 1.04. The van der Waals surface area contributed by atoms with Crippen LogP contribution in [-0.4, -0.2) is 0 Å². The fourth-order valence-electron chi connectivity index (χ4n) is 2.84. The second kappa shape index (κ2) is 3.53. The van der Waals surface area contributed by atoms with Gasteiger partial charge in [-0.15, -0.1) is 0 Å². The van der Waals surface area contributed by atoms with E-state index in [1.54, 1.807) is 0 Å². The molecule has 0 radical (unpaired) electrons. The summed E-state index contributed by atoms with van der Waals surface area (Å²) in [4.78, 5) is 0. The van der Waals surface area contributed by atoms with Crippen LogP contribution in [0.5, 0.6) is 0 Å². The predicted molar refractivity (Wildman–Crippen MR) is 57.4 cm³/mol. The minimum atomic E-state index is 0.843. The molecule has 0 heterocycles. The first kappa shape index (κ1) is 8.80. The molecule has 2 aliphatic rings. The van der Waals surface area contributed by atoms with Crippen LogP contribution in [0.3, 0.4) is 0 Å². The Balaban J connectivity index is 1.93. The predicted octanol–water partition coefficient (Wildman–Crippen LogP) is 3.72. The van der Waals surface area contributed by atoms with Crippen molar-refractivity contribution in [3.8, 4) is 0 Å². The number of fused-ring (bicyclic) bond motifs is 2. The second-order valence-electron chi connectivity index (χ2n) is 4.48. The third-order valence-corrected chi connectivity index (χ3v) is 3.61. The molecule has 3 unspecified atom stereocenters. The van der Waals surface area contributed by atoms with Crippen molar-refractivity contribution in [1.82, 2.24) is 0 Å². The molecule has 0 aromatic heterocycles. The van der Waals surface area contributed by atoms with Crippen molar-refractivity contribution < 1.29 is 0 Å². The molecule has 0 nitrogen and oxygen atoms in total. The number of rotatable bonds is 3. The lowest BCUT2D eigenvalue weighted by molar-refractivity contribution is 0.394. The molecule has 0 heteroatoms. The van der Waals surface area contributed by atoms with Gasteiger partial charge in [-0.25, -0.2) is 0 Å². The molecule has 2 aliphatic carbocycles. The van der Waals surface area contributed by atoms with E-state index in [4.69, 9.17) is 0 Å². The number of allylic oxidation sites excluding steroid dienone is 4. The van der Waals surface area contributed by atoms with Crippen LogP contribution in [-0.2, 0) is 0 Å². The number of hydrogen-bond acceptors (Lipinski definition) is 0. The Morgan fingerprint density at radius 1 is 1.23 bits per heavy atom. The third kappa shape index (κ3) is 1.77. The molecule has 0 saturated heterocycles. The zero-order chi connectivity index (χ0) is 9.26. The quantitative estimate of drug-likeness (QED) is 0.572. The monoisotopic (exact) mass is 174 g/mol. The molecular formula is C13H18. The summed E-state index contributed by atoms with van der Waals surface area (Å²) in [5, 5.41) is 0. The van der Waals surface area contributed by atoms with E-state index in [0.29, 0.717) is 0 Å². The van der Waals surface area contributed by atoms with Crippen LogP contribution in [0.2, 0.25) is 0 Å². The van der Waals surface area contributed by atoms with Gasteiger partial charge >= 0.3 is 0 Å². The molecule has 13 heavy (non-hydrogen) atoms. The highest BCUT2D eigenvalue weighted by molar-refractivity contribution is 5.26. The van der Waals surface area contributed by atoms with Crippen molar-refractivity contribution in [3.05, 3.63) is 37.0 Å². The van der Waals surface area contributed by atoms with E-state index in [1.807, 2.05) is 6.08 Å². The highest BCUT2D eigenvalue weighted by Gasteiger charge is 2.37. The van der Waals surface area contributed by atoms with Gasteiger partial charge < -0.3 is 0 Å². The molecule has 0 aliphatic heterocycles. The van der Waals surface area contributed by atoms with Crippen LogP contribution < -0.4 is 0 Å². The van der Waals surface area contributed by atoms with E-state index in [9.17, 15) is 0 Å². The zero-order valence-electron chi connectivity index (χ0n) is 8.21. The first-order chi connectivity index (χ1) is 6.29. The van der Waals surface area contributed by atoms with Crippen LogP contribution in [0.4, 0.5) is 0 Å². The van der Waals surface area contributed by atoms with Gasteiger partial charge in [0, 0.05) is 0 Å². The van der Waals surface area contributed by atoms with Crippen LogP contribution in [0, 0.1) is 17.8 Å². The lowest BCUT2D eigenvalue weighted by Crippen LogP contribution is -2.06. The Labute approximate surface area is 81.0 Å². The Bertz CT molecular complexity index is 247. The molecule has 2 bridgehead atoms. The van der Waals surface area contributed by atoms with Crippen LogP contribution in [0.1, 0.15) is 25.7 Å². The van der Waals surface area contributed by atoms with E-state index >= 15 is 0 Å². The summed E-state index contributed by atoms with van der Waals surface area (Å²) in [6.45, 7) is 7.59. The topological polar surface area (TPSA) is 0 Å².